The summed E-state index contributed by atoms with van der Waals surface area (Å²) in [6, 6.07) is 6.20. The highest BCUT2D eigenvalue weighted by Crippen LogP contribution is 2.41. The highest BCUT2D eigenvalue weighted by Gasteiger charge is 2.35. The van der Waals surface area contributed by atoms with Crippen LogP contribution in [0.5, 0.6) is 5.75 Å². The summed E-state index contributed by atoms with van der Waals surface area (Å²) in [4.78, 5) is 0. The largest absolute Gasteiger partial charge is 0.495 e. The van der Waals surface area contributed by atoms with Gasteiger partial charge in [-0.15, -0.1) is 0 Å². The molecule has 92 valence electrons. The first-order valence-corrected chi connectivity index (χ1v) is 6.52. The fourth-order valence-corrected chi connectivity index (χ4v) is 3.11. The van der Waals surface area contributed by atoms with Gasteiger partial charge in [0.25, 0.3) is 0 Å². The van der Waals surface area contributed by atoms with Gasteiger partial charge in [0.05, 0.1) is 18.3 Å². The molecule has 1 aromatic rings. The number of hydrogen-bond donors (Lipinski definition) is 2. The Balaban J connectivity index is 1.90. The lowest BCUT2D eigenvalue weighted by Gasteiger charge is -2.43. The van der Waals surface area contributed by atoms with Crippen LogP contribution < -0.4 is 15.4 Å². The van der Waals surface area contributed by atoms with E-state index in [-0.39, 0.29) is 5.54 Å². The molecule has 2 aliphatic rings. The van der Waals surface area contributed by atoms with Crippen molar-refractivity contribution in [3.63, 3.8) is 0 Å². The van der Waals surface area contributed by atoms with Crippen LogP contribution in [0.4, 0.5) is 11.4 Å². The van der Waals surface area contributed by atoms with Gasteiger partial charge in [-0.2, -0.15) is 0 Å². The molecule has 1 aliphatic heterocycles. The Kier molecular flexibility index (Phi) is 2.61. The van der Waals surface area contributed by atoms with Crippen molar-refractivity contribution in [2.45, 2.75) is 37.6 Å². The van der Waals surface area contributed by atoms with Crippen LogP contribution in [-0.4, -0.2) is 19.2 Å². The molecule has 2 N–H and O–H groups in total. The molecule has 1 saturated carbocycles. The third kappa shape index (κ3) is 1.84. The van der Waals surface area contributed by atoms with E-state index in [1.165, 1.54) is 37.8 Å². The highest BCUT2D eigenvalue weighted by atomic mass is 16.5. The Morgan fingerprint density at radius 1 is 1.18 bits per heavy atom. The monoisotopic (exact) mass is 232 g/mol. The zero-order valence-corrected chi connectivity index (χ0v) is 10.4. The third-order valence-electron chi connectivity index (χ3n) is 4.06. The van der Waals surface area contributed by atoms with E-state index in [1.807, 2.05) is 12.1 Å². The molecule has 1 aliphatic carbocycles. The number of rotatable bonds is 1. The molecule has 1 heterocycles. The Hall–Kier alpha value is -1.38. The average Bonchev–Trinajstić information content (AvgIpc) is 2.38. The Morgan fingerprint density at radius 3 is 2.76 bits per heavy atom. The lowest BCUT2D eigenvalue weighted by molar-refractivity contribution is 0.333. The second-order valence-corrected chi connectivity index (χ2v) is 5.20. The first-order valence-electron chi connectivity index (χ1n) is 6.52. The maximum Gasteiger partial charge on any atom is 0.144 e. The van der Waals surface area contributed by atoms with Gasteiger partial charge in [0.2, 0.25) is 0 Å². The van der Waals surface area contributed by atoms with Gasteiger partial charge in [-0.1, -0.05) is 25.3 Å². The Labute approximate surface area is 103 Å². The molecule has 0 saturated heterocycles. The van der Waals surface area contributed by atoms with Gasteiger partial charge >= 0.3 is 0 Å². The van der Waals surface area contributed by atoms with Crippen molar-refractivity contribution in [2.75, 3.05) is 24.3 Å². The molecule has 0 bridgehead atoms. The molecule has 0 unspecified atom stereocenters. The van der Waals surface area contributed by atoms with Gasteiger partial charge in [0.15, 0.2) is 0 Å². The number of hydrogen-bond acceptors (Lipinski definition) is 3. The first-order chi connectivity index (χ1) is 8.33. The van der Waals surface area contributed by atoms with Gasteiger partial charge in [0.1, 0.15) is 11.4 Å². The number of anilines is 2. The van der Waals surface area contributed by atoms with E-state index >= 15 is 0 Å². The van der Waals surface area contributed by atoms with E-state index in [2.05, 4.69) is 16.7 Å². The zero-order chi connectivity index (χ0) is 11.7. The normalized spacial score (nSPS) is 21.2. The summed E-state index contributed by atoms with van der Waals surface area (Å²) in [6.45, 7) is 1.01. The summed E-state index contributed by atoms with van der Waals surface area (Å²) >= 11 is 0. The molecular formula is C14H20N2O. The summed E-state index contributed by atoms with van der Waals surface area (Å²) in [6.07, 6.45) is 6.61. The van der Waals surface area contributed by atoms with Gasteiger partial charge < -0.3 is 15.4 Å². The molecule has 3 rings (SSSR count). The molecule has 1 fully saturated rings. The first kappa shape index (κ1) is 10.8. The smallest absolute Gasteiger partial charge is 0.144 e. The molecule has 3 heteroatoms. The summed E-state index contributed by atoms with van der Waals surface area (Å²) in [5.74, 6) is 0.931. The van der Waals surface area contributed by atoms with Crippen molar-refractivity contribution < 1.29 is 4.74 Å². The molecule has 0 atom stereocenters. The lowest BCUT2D eigenvalue weighted by atomic mass is 9.80. The predicted octanol–water partition coefficient (Wildman–Crippen LogP) is 3.24. The zero-order valence-electron chi connectivity index (χ0n) is 10.4. The minimum Gasteiger partial charge on any atom is -0.495 e. The molecular weight excluding hydrogens is 212 g/mol. The minimum absolute atomic E-state index is 0.275. The number of nitrogens with one attached hydrogen (secondary N) is 2. The van der Waals surface area contributed by atoms with Crippen LogP contribution in [0.15, 0.2) is 18.2 Å². The van der Waals surface area contributed by atoms with E-state index in [4.69, 9.17) is 4.74 Å². The van der Waals surface area contributed by atoms with Gasteiger partial charge in [-0.05, 0) is 25.0 Å². The minimum atomic E-state index is 0.275. The maximum atomic E-state index is 5.39. The highest BCUT2D eigenvalue weighted by molar-refractivity contribution is 5.78. The molecule has 3 nitrogen and oxygen atoms in total. The average molecular weight is 232 g/mol. The second-order valence-electron chi connectivity index (χ2n) is 5.20. The Bertz CT molecular complexity index is 411. The van der Waals surface area contributed by atoms with Crippen LogP contribution in [0.3, 0.4) is 0 Å². The van der Waals surface area contributed by atoms with Gasteiger partial charge in [-0.3, -0.25) is 0 Å². The fraction of sp³-hybridized carbons (Fsp3) is 0.571. The van der Waals surface area contributed by atoms with Crippen LogP contribution >= 0.6 is 0 Å². The number of ether oxygens (including phenoxy) is 1. The topological polar surface area (TPSA) is 33.3 Å². The standard InChI is InChI=1S/C14H20N2O/c1-17-12-7-5-6-11-13(12)15-10-14(16-11)8-3-2-4-9-14/h5-7,15-16H,2-4,8-10H2,1H3. The van der Waals surface area contributed by atoms with Crippen molar-refractivity contribution in [3.05, 3.63) is 18.2 Å². The fourth-order valence-electron chi connectivity index (χ4n) is 3.11. The maximum absolute atomic E-state index is 5.39. The summed E-state index contributed by atoms with van der Waals surface area (Å²) in [5.41, 5.74) is 2.58. The van der Waals surface area contributed by atoms with Gasteiger partial charge in [-0.25, -0.2) is 0 Å². The number of fused-ring (bicyclic) bond motifs is 1. The molecule has 0 aromatic heterocycles. The third-order valence-corrected chi connectivity index (χ3v) is 4.06. The summed E-state index contributed by atoms with van der Waals surface area (Å²) in [5, 5.41) is 7.30. The van der Waals surface area contributed by atoms with E-state index < -0.39 is 0 Å². The van der Waals surface area contributed by atoms with E-state index in [0.29, 0.717) is 0 Å². The van der Waals surface area contributed by atoms with Crippen LogP contribution in [0.2, 0.25) is 0 Å². The lowest BCUT2D eigenvalue weighted by Crippen LogP contribution is -2.49. The molecule has 1 spiro atoms. The number of methoxy groups -OCH3 is 1. The van der Waals surface area contributed by atoms with Crippen LogP contribution in [0, 0.1) is 0 Å². The van der Waals surface area contributed by atoms with Crippen molar-refractivity contribution in [1.29, 1.82) is 0 Å². The van der Waals surface area contributed by atoms with E-state index in [0.717, 1.165) is 18.0 Å². The van der Waals surface area contributed by atoms with Crippen LogP contribution in [0.1, 0.15) is 32.1 Å². The number of para-hydroxylation sites is 1. The van der Waals surface area contributed by atoms with Crippen LogP contribution in [-0.2, 0) is 0 Å². The van der Waals surface area contributed by atoms with Crippen molar-refractivity contribution in [2.24, 2.45) is 0 Å². The Morgan fingerprint density at radius 2 is 2.00 bits per heavy atom. The summed E-state index contributed by atoms with van der Waals surface area (Å²) in [7, 11) is 1.72. The molecule has 1 aromatic carbocycles. The molecule has 0 amide bonds. The quantitative estimate of drug-likeness (QED) is 0.780. The van der Waals surface area contributed by atoms with E-state index in [9.17, 15) is 0 Å². The van der Waals surface area contributed by atoms with Crippen LogP contribution in [0.25, 0.3) is 0 Å². The van der Waals surface area contributed by atoms with Crippen molar-refractivity contribution >= 4 is 11.4 Å². The van der Waals surface area contributed by atoms with Crippen molar-refractivity contribution in [1.82, 2.24) is 0 Å². The second kappa shape index (κ2) is 4.13. The predicted molar refractivity (Wildman–Crippen MR) is 70.9 cm³/mol. The SMILES string of the molecule is COc1cccc2c1NCC1(CCCCC1)N2. The van der Waals surface area contributed by atoms with Gasteiger partial charge in [0, 0.05) is 6.54 Å². The molecule has 0 radical (unpaired) electrons. The van der Waals surface area contributed by atoms with E-state index in [1.54, 1.807) is 7.11 Å². The van der Waals surface area contributed by atoms with Crippen molar-refractivity contribution in [3.8, 4) is 5.75 Å². The number of benzene rings is 1. The summed E-state index contributed by atoms with van der Waals surface area (Å²) < 4.78 is 5.39. The molecule has 17 heavy (non-hydrogen) atoms.